The molecule has 0 radical (unpaired) electrons. The molecule has 0 atom stereocenters. The summed E-state index contributed by atoms with van der Waals surface area (Å²) in [4.78, 5) is 33.3. The second kappa shape index (κ2) is 9.09. The number of aromatic nitrogens is 3. The van der Waals surface area contributed by atoms with E-state index in [1.54, 1.807) is 10.6 Å². The van der Waals surface area contributed by atoms with Crippen LogP contribution in [-0.2, 0) is 18.3 Å². The van der Waals surface area contributed by atoms with Crippen LogP contribution in [0.15, 0.2) is 29.4 Å². The smallest absolute Gasteiger partial charge is 0.270 e. The van der Waals surface area contributed by atoms with E-state index in [4.69, 9.17) is 0 Å². The molecular weight excluding hydrogens is 358 g/mol. The molecule has 1 amide bonds. The van der Waals surface area contributed by atoms with Gasteiger partial charge in [0.1, 0.15) is 5.82 Å². The molecule has 0 unspecified atom stereocenters. The summed E-state index contributed by atoms with van der Waals surface area (Å²) >= 11 is 1.23. The number of hydrogen-bond acceptors (Lipinski definition) is 7. The van der Waals surface area contributed by atoms with Crippen molar-refractivity contribution in [3.63, 3.8) is 0 Å². The standard InChI is InChI=1S/C16H19N5O4S/c1-11(22)17-8-4-7-15-18-19-16(20(15)2)26-10-14(23)12-5-3-6-13(9-12)21(24)25/h3,5-6,9H,4,7-8,10H2,1-2H3,(H,17,22). The van der Waals surface area contributed by atoms with Crippen LogP contribution in [0.25, 0.3) is 0 Å². The van der Waals surface area contributed by atoms with Crippen molar-refractivity contribution < 1.29 is 14.5 Å². The van der Waals surface area contributed by atoms with Gasteiger partial charge in [0.25, 0.3) is 5.69 Å². The topological polar surface area (TPSA) is 120 Å². The maximum absolute atomic E-state index is 12.2. The van der Waals surface area contributed by atoms with Crippen LogP contribution in [0.3, 0.4) is 0 Å². The Morgan fingerprint density at radius 3 is 2.81 bits per heavy atom. The van der Waals surface area contributed by atoms with Gasteiger partial charge in [0.05, 0.1) is 10.7 Å². The molecule has 26 heavy (non-hydrogen) atoms. The lowest BCUT2D eigenvalue weighted by Gasteiger charge is -2.04. The van der Waals surface area contributed by atoms with E-state index < -0.39 is 4.92 Å². The Morgan fingerprint density at radius 2 is 2.12 bits per heavy atom. The van der Waals surface area contributed by atoms with Gasteiger partial charge in [0, 0.05) is 44.6 Å². The number of Topliss-reactive ketones (excluding diaryl/α,β-unsaturated/α-hetero) is 1. The predicted octanol–water partition coefficient (Wildman–Crippen LogP) is 1.77. The summed E-state index contributed by atoms with van der Waals surface area (Å²) in [5, 5.41) is 22.3. The molecule has 2 rings (SSSR count). The van der Waals surface area contributed by atoms with E-state index in [9.17, 15) is 19.7 Å². The van der Waals surface area contributed by atoms with Gasteiger partial charge in [-0.05, 0) is 6.42 Å². The van der Waals surface area contributed by atoms with Gasteiger partial charge >= 0.3 is 0 Å². The van der Waals surface area contributed by atoms with E-state index in [0.29, 0.717) is 23.7 Å². The molecule has 10 heteroatoms. The molecule has 1 heterocycles. The number of rotatable bonds is 9. The summed E-state index contributed by atoms with van der Waals surface area (Å²) in [6.07, 6.45) is 1.39. The number of benzene rings is 1. The molecule has 0 aliphatic rings. The molecule has 1 aromatic carbocycles. The van der Waals surface area contributed by atoms with E-state index in [1.165, 1.54) is 36.9 Å². The number of ketones is 1. The van der Waals surface area contributed by atoms with Crippen LogP contribution >= 0.6 is 11.8 Å². The summed E-state index contributed by atoms with van der Waals surface area (Å²) in [6.45, 7) is 2.03. The molecular formula is C16H19N5O4S. The van der Waals surface area contributed by atoms with Gasteiger partial charge in [-0.1, -0.05) is 23.9 Å². The summed E-state index contributed by atoms with van der Waals surface area (Å²) < 4.78 is 1.80. The van der Waals surface area contributed by atoms with Crippen LogP contribution < -0.4 is 5.32 Å². The molecule has 0 aliphatic heterocycles. The quantitative estimate of drug-likeness (QED) is 0.232. The fraction of sp³-hybridized carbons (Fsp3) is 0.375. The first-order valence-corrected chi connectivity index (χ1v) is 8.90. The number of carbonyl (C=O) groups excluding carboxylic acids is 2. The van der Waals surface area contributed by atoms with Crippen molar-refractivity contribution >= 4 is 29.1 Å². The summed E-state index contributed by atoms with van der Waals surface area (Å²) in [5.41, 5.74) is 0.186. The lowest BCUT2D eigenvalue weighted by Crippen LogP contribution is -2.21. The maximum Gasteiger partial charge on any atom is 0.270 e. The SMILES string of the molecule is CC(=O)NCCCc1nnc(SCC(=O)c2cccc([N+](=O)[O-])c2)n1C. The second-order valence-corrected chi connectivity index (χ2v) is 6.51. The largest absolute Gasteiger partial charge is 0.356 e. The highest BCUT2D eigenvalue weighted by Gasteiger charge is 2.15. The third-order valence-electron chi connectivity index (χ3n) is 3.59. The summed E-state index contributed by atoms with van der Waals surface area (Å²) in [7, 11) is 1.81. The van der Waals surface area contributed by atoms with Gasteiger partial charge in [-0.15, -0.1) is 10.2 Å². The van der Waals surface area contributed by atoms with E-state index in [0.717, 1.165) is 12.2 Å². The Morgan fingerprint density at radius 1 is 1.35 bits per heavy atom. The van der Waals surface area contributed by atoms with Crippen LogP contribution in [0.4, 0.5) is 5.69 Å². The van der Waals surface area contributed by atoms with Gasteiger partial charge < -0.3 is 9.88 Å². The van der Waals surface area contributed by atoms with Crippen molar-refractivity contribution in [2.45, 2.75) is 24.9 Å². The van der Waals surface area contributed by atoms with E-state index in [2.05, 4.69) is 15.5 Å². The number of amides is 1. The first-order chi connectivity index (χ1) is 12.4. The van der Waals surface area contributed by atoms with Crippen molar-refractivity contribution in [2.24, 2.45) is 7.05 Å². The zero-order valence-corrected chi connectivity index (χ0v) is 15.3. The third-order valence-corrected chi connectivity index (χ3v) is 4.61. The second-order valence-electron chi connectivity index (χ2n) is 5.56. The monoisotopic (exact) mass is 377 g/mol. The summed E-state index contributed by atoms with van der Waals surface area (Å²) in [5.74, 6) is 0.590. The molecule has 1 aromatic heterocycles. The normalized spacial score (nSPS) is 10.5. The number of aryl methyl sites for hydroxylation is 1. The fourth-order valence-corrected chi connectivity index (χ4v) is 3.03. The van der Waals surface area contributed by atoms with Crippen molar-refractivity contribution in [3.8, 4) is 0 Å². The number of non-ortho nitro benzene ring substituents is 1. The Labute approximate surface area is 154 Å². The van der Waals surface area contributed by atoms with E-state index in [1.807, 2.05) is 7.05 Å². The Kier molecular flexibility index (Phi) is 6.84. The number of nitro groups is 1. The zero-order valence-electron chi connectivity index (χ0n) is 14.5. The minimum atomic E-state index is -0.528. The van der Waals surface area contributed by atoms with E-state index in [-0.39, 0.29) is 23.1 Å². The van der Waals surface area contributed by atoms with E-state index >= 15 is 0 Å². The molecule has 0 fully saturated rings. The van der Waals surface area contributed by atoms with Crippen molar-refractivity contribution in [1.29, 1.82) is 0 Å². The van der Waals surface area contributed by atoms with Gasteiger partial charge in [-0.3, -0.25) is 19.7 Å². The average molecular weight is 377 g/mol. The van der Waals surface area contributed by atoms with Crippen LogP contribution in [-0.4, -0.2) is 43.7 Å². The number of thioether (sulfide) groups is 1. The van der Waals surface area contributed by atoms with Crippen molar-refractivity contribution in [2.75, 3.05) is 12.3 Å². The van der Waals surface area contributed by atoms with Crippen LogP contribution in [0.2, 0.25) is 0 Å². The maximum atomic E-state index is 12.2. The van der Waals surface area contributed by atoms with Crippen LogP contribution in [0.1, 0.15) is 29.5 Å². The van der Waals surface area contributed by atoms with Gasteiger partial charge in [0.15, 0.2) is 10.9 Å². The lowest BCUT2D eigenvalue weighted by atomic mass is 10.1. The zero-order chi connectivity index (χ0) is 19.1. The molecule has 9 nitrogen and oxygen atoms in total. The molecule has 1 N–H and O–H groups in total. The number of carbonyl (C=O) groups is 2. The molecule has 0 aliphatic carbocycles. The minimum absolute atomic E-state index is 0.0705. The first-order valence-electron chi connectivity index (χ1n) is 7.91. The third kappa shape index (κ3) is 5.38. The highest BCUT2D eigenvalue weighted by Crippen LogP contribution is 2.20. The van der Waals surface area contributed by atoms with Crippen molar-refractivity contribution in [3.05, 3.63) is 45.8 Å². The lowest BCUT2D eigenvalue weighted by molar-refractivity contribution is -0.384. The first kappa shape index (κ1) is 19.6. The number of nitrogens with one attached hydrogen (secondary N) is 1. The summed E-state index contributed by atoms with van der Waals surface area (Å²) in [6, 6.07) is 5.67. The molecule has 0 saturated carbocycles. The van der Waals surface area contributed by atoms with Gasteiger partial charge in [-0.25, -0.2) is 0 Å². The predicted molar refractivity (Wildman–Crippen MR) is 96.2 cm³/mol. The van der Waals surface area contributed by atoms with Crippen LogP contribution in [0, 0.1) is 10.1 Å². The number of hydrogen-bond donors (Lipinski definition) is 1. The highest BCUT2D eigenvalue weighted by atomic mass is 32.2. The Balaban J connectivity index is 1.91. The fourth-order valence-electron chi connectivity index (χ4n) is 2.21. The average Bonchev–Trinajstić information content (AvgIpc) is 2.96. The molecule has 0 spiro atoms. The molecule has 0 bridgehead atoms. The minimum Gasteiger partial charge on any atom is -0.356 e. The van der Waals surface area contributed by atoms with Crippen LogP contribution in [0.5, 0.6) is 0 Å². The number of nitro benzene ring substituents is 1. The van der Waals surface area contributed by atoms with Gasteiger partial charge in [-0.2, -0.15) is 0 Å². The number of nitrogens with zero attached hydrogens (tertiary/aromatic N) is 4. The molecule has 138 valence electrons. The molecule has 2 aromatic rings. The Bertz CT molecular complexity index is 821. The highest BCUT2D eigenvalue weighted by molar-refractivity contribution is 7.99. The Hall–Kier alpha value is -2.75. The van der Waals surface area contributed by atoms with Gasteiger partial charge in [0.2, 0.25) is 5.91 Å². The van der Waals surface area contributed by atoms with Crippen molar-refractivity contribution in [1.82, 2.24) is 20.1 Å². The molecule has 0 saturated heterocycles.